The summed E-state index contributed by atoms with van der Waals surface area (Å²) in [7, 11) is 0. The van der Waals surface area contributed by atoms with Crippen molar-refractivity contribution in [3.63, 3.8) is 0 Å². The number of carbonyl (C=O) groups excluding carboxylic acids is 1. The lowest BCUT2D eigenvalue weighted by molar-refractivity contribution is -0.135. The number of benzene rings is 1. The predicted molar refractivity (Wildman–Crippen MR) is 85.2 cm³/mol. The average molecular weight is 289 g/mol. The van der Waals surface area contributed by atoms with E-state index in [2.05, 4.69) is 38.1 Å². The van der Waals surface area contributed by atoms with Gasteiger partial charge in [0, 0.05) is 19.5 Å². The van der Waals surface area contributed by atoms with E-state index in [1.165, 1.54) is 11.1 Å². The zero-order valence-electron chi connectivity index (χ0n) is 13.4. The van der Waals surface area contributed by atoms with Gasteiger partial charge in [0.05, 0.1) is 6.10 Å². The summed E-state index contributed by atoms with van der Waals surface area (Å²) in [6, 6.07) is 8.47. The number of hydrogen-bond acceptors (Lipinski definition) is 2. The van der Waals surface area contributed by atoms with Crippen molar-refractivity contribution >= 4 is 5.91 Å². The molecule has 116 valence electrons. The Morgan fingerprint density at radius 2 is 2.05 bits per heavy atom. The third-order valence-electron chi connectivity index (χ3n) is 4.73. The second-order valence-corrected chi connectivity index (χ2v) is 6.39. The number of likely N-dealkylation sites (tertiary alicyclic amines) is 1. The number of hydrogen-bond donors (Lipinski definition) is 1. The number of amides is 1. The SMILES string of the molecule is CCC(CC(=O)N1CCC(C)C(O)C1)c1ccc(C)cc1. The Morgan fingerprint density at radius 3 is 2.62 bits per heavy atom. The normalized spacial score (nSPS) is 23.9. The Kier molecular flexibility index (Phi) is 5.40. The molecule has 3 heteroatoms. The molecular weight excluding hydrogens is 262 g/mol. The summed E-state index contributed by atoms with van der Waals surface area (Å²) in [4.78, 5) is 14.3. The molecule has 1 fully saturated rings. The number of aliphatic hydroxyl groups excluding tert-OH is 1. The van der Waals surface area contributed by atoms with Crippen molar-refractivity contribution in [2.24, 2.45) is 5.92 Å². The summed E-state index contributed by atoms with van der Waals surface area (Å²) in [5, 5.41) is 9.94. The fourth-order valence-corrected chi connectivity index (χ4v) is 2.95. The summed E-state index contributed by atoms with van der Waals surface area (Å²) in [6.45, 7) is 7.52. The molecule has 21 heavy (non-hydrogen) atoms. The van der Waals surface area contributed by atoms with Crippen molar-refractivity contribution in [2.45, 2.75) is 52.1 Å². The monoisotopic (exact) mass is 289 g/mol. The van der Waals surface area contributed by atoms with E-state index >= 15 is 0 Å². The van der Waals surface area contributed by atoms with Gasteiger partial charge in [-0.05, 0) is 37.2 Å². The molecule has 1 aromatic rings. The van der Waals surface area contributed by atoms with Crippen LogP contribution in [0.25, 0.3) is 0 Å². The molecule has 0 aliphatic carbocycles. The van der Waals surface area contributed by atoms with Gasteiger partial charge >= 0.3 is 0 Å². The van der Waals surface area contributed by atoms with Crippen LogP contribution in [0.15, 0.2) is 24.3 Å². The summed E-state index contributed by atoms with van der Waals surface area (Å²) in [5.74, 6) is 0.746. The van der Waals surface area contributed by atoms with Crippen molar-refractivity contribution < 1.29 is 9.90 Å². The maximum Gasteiger partial charge on any atom is 0.223 e. The number of aryl methyl sites for hydroxylation is 1. The Hall–Kier alpha value is -1.35. The molecule has 1 amide bonds. The zero-order chi connectivity index (χ0) is 15.4. The minimum Gasteiger partial charge on any atom is -0.391 e. The third kappa shape index (κ3) is 4.07. The molecule has 0 saturated carbocycles. The Morgan fingerprint density at radius 1 is 1.38 bits per heavy atom. The van der Waals surface area contributed by atoms with Crippen LogP contribution in [-0.2, 0) is 4.79 Å². The van der Waals surface area contributed by atoms with Crippen molar-refractivity contribution in [1.82, 2.24) is 4.90 Å². The summed E-state index contributed by atoms with van der Waals surface area (Å²) in [5.41, 5.74) is 2.48. The van der Waals surface area contributed by atoms with Gasteiger partial charge in [-0.25, -0.2) is 0 Å². The molecule has 1 N–H and O–H groups in total. The first-order chi connectivity index (χ1) is 10.0. The molecule has 1 aliphatic rings. The maximum absolute atomic E-state index is 12.5. The first-order valence-electron chi connectivity index (χ1n) is 8.03. The van der Waals surface area contributed by atoms with Gasteiger partial charge in [-0.1, -0.05) is 43.7 Å². The fraction of sp³-hybridized carbons (Fsp3) is 0.611. The second kappa shape index (κ2) is 7.08. The molecular formula is C18H27NO2. The molecule has 0 spiro atoms. The average Bonchev–Trinajstić information content (AvgIpc) is 2.48. The number of nitrogens with zero attached hydrogens (tertiary/aromatic N) is 1. The van der Waals surface area contributed by atoms with Crippen LogP contribution >= 0.6 is 0 Å². The highest BCUT2D eigenvalue weighted by Gasteiger charge is 2.28. The Labute approximate surface area is 128 Å². The van der Waals surface area contributed by atoms with Crippen LogP contribution in [0, 0.1) is 12.8 Å². The molecule has 1 heterocycles. The highest BCUT2D eigenvalue weighted by molar-refractivity contribution is 5.77. The lowest BCUT2D eigenvalue weighted by atomic mass is 9.91. The van der Waals surface area contributed by atoms with Crippen molar-refractivity contribution in [2.75, 3.05) is 13.1 Å². The van der Waals surface area contributed by atoms with Crippen LogP contribution in [0.3, 0.4) is 0 Å². The number of β-amino-alcohol motifs (C(OH)–C–C–N with tert-alkyl or cyclic N) is 1. The van der Waals surface area contributed by atoms with Gasteiger partial charge in [0.2, 0.25) is 5.91 Å². The zero-order valence-corrected chi connectivity index (χ0v) is 13.4. The summed E-state index contributed by atoms with van der Waals surface area (Å²) in [6.07, 6.45) is 2.03. The molecule has 0 aromatic heterocycles. The van der Waals surface area contributed by atoms with Crippen molar-refractivity contribution in [1.29, 1.82) is 0 Å². The molecule has 1 aromatic carbocycles. The molecule has 3 atom stereocenters. The second-order valence-electron chi connectivity index (χ2n) is 6.39. The van der Waals surface area contributed by atoms with E-state index in [-0.39, 0.29) is 17.9 Å². The van der Waals surface area contributed by atoms with Gasteiger partial charge in [0.25, 0.3) is 0 Å². The van der Waals surface area contributed by atoms with Crippen LogP contribution in [0.1, 0.15) is 50.2 Å². The highest BCUT2D eigenvalue weighted by Crippen LogP contribution is 2.26. The van der Waals surface area contributed by atoms with Crippen LogP contribution < -0.4 is 0 Å². The quantitative estimate of drug-likeness (QED) is 0.925. The van der Waals surface area contributed by atoms with Crippen LogP contribution in [-0.4, -0.2) is 35.1 Å². The van der Waals surface area contributed by atoms with E-state index in [0.29, 0.717) is 18.9 Å². The minimum atomic E-state index is -0.373. The summed E-state index contributed by atoms with van der Waals surface area (Å²) >= 11 is 0. The van der Waals surface area contributed by atoms with Gasteiger partial charge in [0.15, 0.2) is 0 Å². The molecule has 3 nitrogen and oxygen atoms in total. The number of piperidine rings is 1. The van der Waals surface area contributed by atoms with Crippen molar-refractivity contribution in [3.8, 4) is 0 Å². The first-order valence-corrected chi connectivity index (χ1v) is 8.03. The number of rotatable bonds is 4. The minimum absolute atomic E-state index is 0.174. The highest BCUT2D eigenvalue weighted by atomic mass is 16.3. The van der Waals surface area contributed by atoms with E-state index in [9.17, 15) is 9.90 Å². The first kappa shape index (κ1) is 16.0. The van der Waals surface area contributed by atoms with Gasteiger partial charge in [0.1, 0.15) is 0 Å². The lowest BCUT2D eigenvalue weighted by Crippen LogP contribution is -2.46. The van der Waals surface area contributed by atoms with Crippen molar-refractivity contribution in [3.05, 3.63) is 35.4 Å². The van der Waals surface area contributed by atoms with E-state index in [1.54, 1.807) is 0 Å². The molecule has 0 radical (unpaired) electrons. The van der Waals surface area contributed by atoms with Gasteiger partial charge in [-0.3, -0.25) is 4.79 Å². The van der Waals surface area contributed by atoms with Crippen LogP contribution in [0.5, 0.6) is 0 Å². The molecule has 0 bridgehead atoms. The molecule has 3 unspecified atom stereocenters. The van der Waals surface area contributed by atoms with Gasteiger partial charge in [-0.2, -0.15) is 0 Å². The lowest BCUT2D eigenvalue weighted by Gasteiger charge is -2.35. The molecule has 1 aliphatic heterocycles. The smallest absolute Gasteiger partial charge is 0.223 e. The van der Waals surface area contributed by atoms with Crippen LogP contribution in [0.2, 0.25) is 0 Å². The van der Waals surface area contributed by atoms with Crippen LogP contribution in [0.4, 0.5) is 0 Å². The number of aliphatic hydroxyl groups is 1. The maximum atomic E-state index is 12.5. The largest absolute Gasteiger partial charge is 0.391 e. The standard InChI is InChI=1S/C18H27NO2/c1-4-15(16-7-5-13(2)6-8-16)11-18(21)19-10-9-14(3)17(20)12-19/h5-8,14-15,17,20H,4,9-12H2,1-3H3. The molecule has 2 rings (SSSR count). The predicted octanol–water partition coefficient (Wildman–Crippen LogP) is 3.11. The van der Waals surface area contributed by atoms with Gasteiger partial charge in [-0.15, -0.1) is 0 Å². The fourth-order valence-electron chi connectivity index (χ4n) is 2.95. The van der Waals surface area contributed by atoms with E-state index in [4.69, 9.17) is 0 Å². The van der Waals surface area contributed by atoms with E-state index in [0.717, 1.165) is 19.4 Å². The topological polar surface area (TPSA) is 40.5 Å². The van der Waals surface area contributed by atoms with E-state index in [1.807, 2.05) is 11.8 Å². The van der Waals surface area contributed by atoms with Gasteiger partial charge < -0.3 is 10.0 Å². The van der Waals surface area contributed by atoms with E-state index < -0.39 is 0 Å². The third-order valence-corrected chi connectivity index (χ3v) is 4.73. The number of carbonyl (C=O) groups is 1. The summed E-state index contributed by atoms with van der Waals surface area (Å²) < 4.78 is 0. The Balaban J connectivity index is 1.98. The Bertz CT molecular complexity index is 469. The molecule has 1 saturated heterocycles.